The van der Waals surface area contributed by atoms with Gasteiger partial charge in [-0.2, -0.15) is 0 Å². The van der Waals surface area contributed by atoms with Crippen molar-refractivity contribution in [3.63, 3.8) is 0 Å². The van der Waals surface area contributed by atoms with E-state index in [4.69, 9.17) is 0 Å². The summed E-state index contributed by atoms with van der Waals surface area (Å²) in [4.78, 5) is 0. The number of benzene rings is 10. The Balaban J connectivity index is 0.000000157. The van der Waals surface area contributed by atoms with Crippen LogP contribution in [0.25, 0.3) is 92.1 Å². The average molecular weight is 879 g/mol. The van der Waals surface area contributed by atoms with Gasteiger partial charge < -0.3 is 0 Å². The van der Waals surface area contributed by atoms with Crippen LogP contribution in [0, 0.1) is 0 Å². The Labute approximate surface area is 406 Å². The van der Waals surface area contributed by atoms with E-state index in [2.05, 4.69) is 267 Å². The summed E-state index contributed by atoms with van der Waals surface area (Å²) in [6.07, 6.45) is 16.4. The molecule has 13 rings (SSSR count). The van der Waals surface area contributed by atoms with Crippen LogP contribution in [0.3, 0.4) is 0 Å². The Morgan fingerprint density at radius 1 is 0.203 bits per heavy atom. The van der Waals surface area contributed by atoms with E-state index in [0.717, 1.165) is 19.3 Å². The van der Waals surface area contributed by atoms with Gasteiger partial charge >= 0.3 is 0 Å². The second-order valence-electron chi connectivity index (χ2n) is 18.4. The Hall–Kier alpha value is -8.58. The van der Waals surface area contributed by atoms with E-state index < -0.39 is 0 Å². The third-order valence-corrected chi connectivity index (χ3v) is 14.0. The molecule has 0 aromatic heterocycles. The van der Waals surface area contributed by atoms with Crippen molar-refractivity contribution in [2.24, 2.45) is 0 Å². The summed E-state index contributed by atoms with van der Waals surface area (Å²) in [6.45, 7) is 0. The maximum Gasteiger partial charge on any atom is -0.00132 e. The molecule has 0 heterocycles. The molecule has 0 fully saturated rings. The summed E-state index contributed by atoms with van der Waals surface area (Å²) in [7, 11) is 0. The fourth-order valence-corrected chi connectivity index (χ4v) is 10.5. The van der Waals surface area contributed by atoms with Gasteiger partial charge in [-0.3, -0.25) is 0 Å². The van der Waals surface area contributed by atoms with Crippen molar-refractivity contribution in [1.82, 2.24) is 0 Å². The molecule has 3 aliphatic carbocycles. The van der Waals surface area contributed by atoms with E-state index in [1.807, 2.05) is 0 Å². The largest absolute Gasteiger partial charge is 0.0622 e. The molecule has 0 aliphatic heterocycles. The monoisotopic (exact) mass is 878 g/mol. The van der Waals surface area contributed by atoms with Crippen LogP contribution in [0.4, 0.5) is 0 Å². The molecular formula is C69H50. The second-order valence-corrected chi connectivity index (χ2v) is 18.4. The minimum absolute atomic E-state index is 1.03. The first-order chi connectivity index (χ1) is 34.1. The molecule has 326 valence electrons. The van der Waals surface area contributed by atoms with Crippen molar-refractivity contribution >= 4 is 36.5 Å². The lowest BCUT2D eigenvalue weighted by Crippen LogP contribution is -1.84. The molecule has 10 aromatic carbocycles. The summed E-state index contributed by atoms with van der Waals surface area (Å²) >= 11 is 0. The average Bonchev–Trinajstić information content (AvgIpc) is 4.10. The van der Waals surface area contributed by atoms with Crippen LogP contribution in [-0.4, -0.2) is 0 Å². The van der Waals surface area contributed by atoms with Gasteiger partial charge in [0, 0.05) is 0 Å². The maximum atomic E-state index is 2.33. The SMILES string of the molecule is C(=Cc1ccc2c(c1)Cc1ccccc1-2)c1ccc(-c2ccc(C=Cc3ccc4c(c3)Cc3ccccc3-4)cc2)cc1.C(=Cc1ccccc1-c1ccccc1)c1ccc2c(c1)Cc1ccccc1-2. The molecule has 0 saturated heterocycles. The minimum Gasteiger partial charge on any atom is -0.0622 e. The second kappa shape index (κ2) is 18.6. The molecule has 69 heavy (non-hydrogen) atoms. The quantitative estimate of drug-likeness (QED) is 0.133. The number of rotatable bonds is 8. The molecule has 0 heteroatoms. The number of fused-ring (bicyclic) bond motifs is 9. The fourth-order valence-electron chi connectivity index (χ4n) is 10.5. The van der Waals surface area contributed by atoms with E-state index in [9.17, 15) is 0 Å². The molecule has 0 bridgehead atoms. The first-order valence-electron chi connectivity index (χ1n) is 24.2. The topological polar surface area (TPSA) is 0 Å². The third-order valence-electron chi connectivity index (χ3n) is 14.0. The van der Waals surface area contributed by atoms with Gasteiger partial charge in [-0.15, -0.1) is 0 Å². The van der Waals surface area contributed by atoms with Crippen LogP contribution in [0.1, 0.15) is 66.8 Å². The predicted molar refractivity (Wildman–Crippen MR) is 295 cm³/mol. The van der Waals surface area contributed by atoms with Crippen LogP contribution >= 0.6 is 0 Å². The summed E-state index contributed by atoms with van der Waals surface area (Å²) in [5.41, 5.74) is 29.2. The molecular weight excluding hydrogens is 829 g/mol. The molecule has 0 atom stereocenters. The standard InChI is InChI=1S/C42H30.C27H20/c1-3-7-39-35(5-1)27-37-25-31(17-23-41(37)39)11-9-29-13-19-33(20-14-29)34-21-15-30(16-22-34)10-12-32-18-24-42-38(26-32)28-36-6-2-4-8-40(36)42;1-2-8-21(9-3-1)25-12-6-4-10-22(25)16-14-20-15-17-27-24(18-20)19-23-11-5-7-13-26(23)27/h1-26H,27-28H2;1-18H,19H2. The third kappa shape index (κ3) is 8.77. The van der Waals surface area contributed by atoms with Gasteiger partial charge in [-0.05, 0) is 142 Å². The van der Waals surface area contributed by atoms with Crippen LogP contribution in [-0.2, 0) is 19.3 Å². The Bertz CT molecular complexity index is 3450. The van der Waals surface area contributed by atoms with Crippen molar-refractivity contribution < 1.29 is 0 Å². The zero-order valence-corrected chi connectivity index (χ0v) is 38.5. The van der Waals surface area contributed by atoms with Gasteiger partial charge in [-0.1, -0.05) is 267 Å². The van der Waals surface area contributed by atoms with Gasteiger partial charge in [0.15, 0.2) is 0 Å². The summed E-state index contributed by atoms with van der Waals surface area (Å²) in [5.74, 6) is 0. The minimum atomic E-state index is 1.03. The smallest absolute Gasteiger partial charge is 0.00132 e. The Morgan fingerprint density at radius 3 is 0.957 bits per heavy atom. The van der Waals surface area contributed by atoms with Crippen molar-refractivity contribution in [1.29, 1.82) is 0 Å². The van der Waals surface area contributed by atoms with Gasteiger partial charge in [0.05, 0.1) is 0 Å². The summed E-state index contributed by atoms with van der Waals surface area (Å²) < 4.78 is 0. The first kappa shape index (κ1) is 41.8. The van der Waals surface area contributed by atoms with Crippen LogP contribution < -0.4 is 0 Å². The lowest BCUT2D eigenvalue weighted by Gasteiger charge is -2.06. The van der Waals surface area contributed by atoms with Crippen LogP contribution in [0.2, 0.25) is 0 Å². The van der Waals surface area contributed by atoms with Gasteiger partial charge in [-0.25, -0.2) is 0 Å². The lowest BCUT2D eigenvalue weighted by atomic mass is 9.98. The summed E-state index contributed by atoms with van der Waals surface area (Å²) in [6, 6.07) is 83.5. The van der Waals surface area contributed by atoms with Crippen molar-refractivity contribution in [3.8, 4) is 55.6 Å². The van der Waals surface area contributed by atoms with E-state index in [0.29, 0.717) is 0 Å². The Kier molecular flexibility index (Phi) is 11.3. The number of hydrogen-bond donors (Lipinski definition) is 0. The molecule has 0 spiro atoms. The van der Waals surface area contributed by atoms with E-state index in [1.54, 1.807) is 0 Å². The highest BCUT2D eigenvalue weighted by Crippen LogP contribution is 2.40. The maximum absolute atomic E-state index is 2.33. The normalized spacial score (nSPS) is 12.6. The highest BCUT2D eigenvalue weighted by atomic mass is 14.2. The van der Waals surface area contributed by atoms with E-state index in [1.165, 1.54) is 122 Å². The van der Waals surface area contributed by atoms with Crippen molar-refractivity contribution in [2.45, 2.75) is 19.3 Å². The van der Waals surface area contributed by atoms with Crippen molar-refractivity contribution in [3.05, 3.63) is 297 Å². The first-order valence-corrected chi connectivity index (χ1v) is 24.2. The van der Waals surface area contributed by atoms with Gasteiger partial charge in [0.2, 0.25) is 0 Å². The van der Waals surface area contributed by atoms with E-state index >= 15 is 0 Å². The van der Waals surface area contributed by atoms with Crippen LogP contribution in [0.5, 0.6) is 0 Å². The predicted octanol–water partition coefficient (Wildman–Crippen LogP) is 17.9. The molecule has 0 nitrogen and oxygen atoms in total. The van der Waals surface area contributed by atoms with Crippen LogP contribution in [0.15, 0.2) is 231 Å². The molecule has 3 aliphatic rings. The highest BCUT2D eigenvalue weighted by molar-refractivity contribution is 5.85. The summed E-state index contributed by atoms with van der Waals surface area (Å²) in [5, 5.41) is 0. The number of hydrogen-bond acceptors (Lipinski definition) is 0. The highest BCUT2D eigenvalue weighted by Gasteiger charge is 2.20. The van der Waals surface area contributed by atoms with E-state index in [-0.39, 0.29) is 0 Å². The molecule has 0 amide bonds. The molecule has 0 saturated carbocycles. The Morgan fingerprint density at radius 2 is 0.522 bits per heavy atom. The lowest BCUT2D eigenvalue weighted by molar-refractivity contribution is 1.26. The zero-order chi connectivity index (χ0) is 45.9. The van der Waals surface area contributed by atoms with Gasteiger partial charge in [0.1, 0.15) is 0 Å². The molecule has 0 radical (unpaired) electrons. The van der Waals surface area contributed by atoms with Gasteiger partial charge in [0.25, 0.3) is 0 Å². The molecule has 0 N–H and O–H groups in total. The zero-order valence-electron chi connectivity index (χ0n) is 38.5. The van der Waals surface area contributed by atoms with Crippen molar-refractivity contribution in [2.75, 3.05) is 0 Å². The molecule has 10 aromatic rings. The molecule has 0 unspecified atom stereocenters. The fraction of sp³-hybridized carbons (Fsp3) is 0.0435.